The third-order valence-corrected chi connectivity index (χ3v) is 2.33. The lowest BCUT2D eigenvalue weighted by Gasteiger charge is -2.22. The van der Waals surface area contributed by atoms with Crippen LogP contribution in [0.25, 0.3) is 0 Å². The molecule has 7 heteroatoms. The van der Waals surface area contributed by atoms with Crippen LogP contribution in [0.2, 0.25) is 0 Å². The Morgan fingerprint density at radius 1 is 1.29 bits per heavy atom. The van der Waals surface area contributed by atoms with Gasteiger partial charge in [0.25, 0.3) is 0 Å². The molecular formula is C10H11BrF4N2. The van der Waals surface area contributed by atoms with Crippen molar-refractivity contribution in [2.75, 3.05) is 18.4 Å². The molecular weight excluding hydrogens is 304 g/mol. The van der Waals surface area contributed by atoms with Gasteiger partial charge in [-0.2, -0.15) is 13.2 Å². The summed E-state index contributed by atoms with van der Waals surface area (Å²) in [6, 6.07) is 1.19. The minimum Gasteiger partial charge on any atom is -0.290 e. The van der Waals surface area contributed by atoms with Gasteiger partial charge in [-0.25, -0.2) is 4.39 Å². The third-order valence-electron chi connectivity index (χ3n) is 1.97. The molecule has 0 fully saturated rings. The van der Waals surface area contributed by atoms with Crippen LogP contribution in [-0.2, 0) is 6.54 Å². The van der Waals surface area contributed by atoms with Crippen LogP contribution in [0.5, 0.6) is 0 Å². The first kappa shape index (κ1) is 14.4. The van der Waals surface area contributed by atoms with Gasteiger partial charge in [-0.05, 0) is 11.6 Å². The summed E-state index contributed by atoms with van der Waals surface area (Å²) in [6.07, 6.45) is -1.88. The Hall–Kier alpha value is -0.690. The SMILES string of the molecule is Fc1cncc(CN(CCBr)CC(F)(F)F)c1. The number of nitrogens with zero attached hydrogens (tertiary/aromatic N) is 2. The first-order chi connectivity index (χ1) is 7.90. The molecule has 0 spiro atoms. The Balaban J connectivity index is 2.66. The lowest BCUT2D eigenvalue weighted by molar-refractivity contribution is -0.146. The second-order valence-corrected chi connectivity index (χ2v) is 4.32. The summed E-state index contributed by atoms with van der Waals surface area (Å²) in [5.41, 5.74) is 0.426. The van der Waals surface area contributed by atoms with Crippen molar-refractivity contribution in [3.05, 3.63) is 29.8 Å². The molecule has 0 bridgehead atoms. The van der Waals surface area contributed by atoms with Gasteiger partial charge in [0.15, 0.2) is 0 Å². The summed E-state index contributed by atoms with van der Waals surface area (Å²) in [5.74, 6) is -0.548. The van der Waals surface area contributed by atoms with E-state index in [2.05, 4.69) is 20.9 Å². The number of alkyl halides is 4. The summed E-state index contributed by atoms with van der Waals surface area (Å²) >= 11 is 3.09. The fraction of sp³-hybridized carbons (Fsp3) is 0.500. The summed E-state index contributed by atoms with van der Waals surface area (Å²) in [6.45, 7) is -0.763. The molecule has 0 amide bonds. The van der Waals surface area contributed by atoms with Crippen molar-refractivity contribution in [3.63, 3.8) is 0 Å². The zero-order valence-corrected chi connectivity index (χ0v) is 10.4. The van der Waals surface area contributed by atoms with Crippen LogP contribution in [0.15, 0.2) is 18.5 Å². The third kappa shape index (κ3) is 5.97. The second kappa shape index (κ2) is 6.30. The molecule has 1 heterocycles. The van der Waals surface area contributed by atoms with E-state index in [0.717, 1.165) is 6.20 Å². The predicted octanol–water partition coefficient (Wildman–Crippen LogP) is 2.98. The zero-order valence-electron chi connectivity index (χ0n) is 8.84. The van der Waals surface area contributed by atoms with Gasteiger partial charge in [0.2, 0.25) is 0 Å². The number of rotatable bonds is 5. The van der Waals surface area contributed by atoms with Gasteiger partial charge in [0.1, 0.15) is 5.82 Å². The van der Waals surface area contributed by atoms with Gasteiger partial charge in [0.05, 0.1) is 12.7 Å². The molecule has 0 aromatic carbocycles. The Morgan fingerprint density at radius 2 is 2.00 bits per heavy atom. The molecule has 0 aliphatic carbocycles. The maximum atomic E-state index is 12.8. The van der Waals surface area contributed by atoms with Crippen LogP contribution in [0.4, 0.5) is 17.6 Å². The molecule has 0 saturated heterocycles. The average molecular weight is 315 g/mol. The standard InChI is InChI=1S/C10H11BrF4N2/c11-1-2-17(7-10(13,14)15)6-8-3-9(12)5-16-4-8/h3-5H,1-2,6-7H2. The molecule has 0 radical (unpaired) electrons. The Kier molecular flexibility index (Phi) is 5.32. The molecule has 1 rings (SSSR count). The highest BCUT2D eigenvalue weighted by atomic mass is 79.9. The Morgan fingerprint density at radius 3 is 2.53 bits per heavy atom. The van der Waals surface area contributed by atoms with Gasteiger partial charge in [-0.15, -0.1) is 0 Å². The van der Waals surface area contributed by atoms with Crippen LogP contribution in [0.3, 0.4) is 0 Å². The highest BCUT2D eigenvalue weighted by Gasteiger charge is 2.30. The zero-order chi connectivity index (χ0) is 12.9. The van der Waals surface area contributed by atoms with Crippen molar-refractivity contribution in [3.8, 4) is 0 Å². The van der Waals surface area contributed by atoms with Crippen molar-refractivity contribution in [2.45, 2.75) is 12.7 Å². The monoisotopic (exact) mass is 314 g/mol. The predicted molar refractivity (Wildman–Crippen MR) is 59.3 cm³/mol. The van der Waals surface area contributed by atoms with Crippen molar-refractivity contribution < 1.29 is 17.6 Å². The molecule has 0 aliphatic rings. The normalized spacial score (nSPS) is 12.1. The first-order valence-electron chi connectivity index (χ1n) is 4.85. The Labute approximate surface area is 105 Å². The fourth-order valence-corrected chi connectivity index (χ4v) is 1.89. The van der Waals surface area contributed by atoms with Crippen LogP contribution < -0.4 is 0 Å². The smallest absolute Gasteiger partial charge is 0.290 e. The highest BCUT2D eigenvalue weighted by Crippen LogP contribution is 2.18. The molecule has 96 valence electrons. The van der Waals surface area contributed by atoms with E-state index in [1.807, 2.05) is 0 Å². The van der Waals surface area contributed by atoms with Crippen LogP contribution >= 0.6 is 15.9 Å². The number of pyridine rings is 1. The minimum absolute atomic E-state index is 0.0237. The van der Waals surface area contributed by atoms with Crippen molar-refractivity contribution in [1.82, 2.24) is 9.88 Å². The molecule has 0 unspecified atom stereocenters. The molecule has 2 nitrogen and oxygen atoms in total. The van der Waals surface area contributed by atoms with Crippen LogP contribution in [0, 0.1) is 5.82 Å². The van der Waals surface area contributed by atoms with E-state index < -0.39 is 18.5 Å². The molecule has 0 saturated carbocycles. The van der Waals surface area contributed by atoms with Gasteiger partial charge in [0, 0.05) is 24.6 Å². The van der Waals surface area contributed by atoms with Gasteiger partial charge >= 0.3 is 6.18 Å². The molecule has 1 aromatic rings. The van der Waals surface area contributed by atoms with E-state index in [-0.39, 0.29) is 13.1 Å². The van der Waals surface area contributed by atoms with Crippen molar-refractivity contribution in [2.24, 2.45) is 0 Å². The number of aromatic nitrogens is 1. The largest absolute Gasteiger partial charge is 0.401 e. The topological polar surface area (TPSA) is 16.1 Å². The lowest BCUT2D eigenvalue weighted by atomic mass is 10.2. The maximum Gasteiger partial charge on any atom is 0.401 e. The number of halogens is 5. The maximum absolute atomic E-state index is 12.8. The minimum atomic E-state index is -4.26. The summed E-state index contributed by atoms with van der Waals surface area (Å²) in [4.78, 5) is 4.78. The number of hydrogen-bond acceptors (Lipinski definition) is 2. The van der Waals surface area contributed by atoms with E-state index in [4.69, 9.17) is 0 Å². The van der Waals surface area contributed by atoms with Crippen molar-refractivity contribution in [1.29, 1.82) is 0 Å². The molecule has 0 aliphatic heterocycles. The van der Waals surface area contributed by atoms with Crippen LogP contribution in [-0.4, -0.2) is 34.5 Å². The molecule has 0 atom stereocenters. The highest BCUT2D eigenvalue weighted by molar-refractivity contribution is 9.09. The fourth-order valence-electron chi connectivity index (χ4n) is 1.39. The summed E-state index contributed by atoms with van der Waals surface area (Å²) < 4.78 is 49.6. The lowest BCUT2D eigenvalue weighted by Crippen LogP contribution is -2.35. The summed E-state index contributed by atoms with van der Waals surface area (Å²) in [5, 5.41) is 0.422. The molecule has 1 aromatic heterocycles. The molecule has 0 N–H and O–H groups in total. The van der Waals surface area contributed by atoms with E-state index in [0.29, 0.717) is 10.9 Å². The van der Waals surface area contributed by atoms with Gasteiger partial charge in [-0.3, -0.25) is 9.88 Å². The average Bonchev–Trinajstić information content (AvgIpc) is 2.15. The quantitative estimate of drug-likeness (QED) is 0.613. The summed E-state index contributed by atoms with van der Waals surface area (Å²) in [7, 11) is 0. The van der Waals surface area contributed by atoms with E-state index in [1.165, 1.54) is 17.2 Å². The van der Waals surface area contributed by atoms with E-state index in [1.54, 1.807) is 0 Å². The van der Waals surface area contributed by atoms with Crippen LogP contribution in [0.1, 0.15) is 5.56 Å². The first-order valence-corrected chi connectivity index (χ1v) is 5.97. The van der Waals surface area contributed by atoms with Gasteiger partial charge in [-0.1, -0.05) is 15.9 Å². The number of hydrogen-bond donors (Lipinski definition) is 0. The Bertz CT molecular complexity index is 356. The van der Waals surface area contributed by atoms with Gasteiger partial charge < -0.3 is 0 Å². The van der Waals surface area contributed by atoms with E-state index >= 15 is 0 Å². The van der Waals surface area contributed by atoms with Crippen molar-refractivity contribution >= 4 is 15.9 Å². The molecule has 17 heavy (non-hydrogen) atoms. The van der Waals surface area contributed by atoms with E-state index in [9.17, 15) is 17.6 Å². The second-order valence-electron chi connectivity index (χ2n) is 3.53.